The zero-order valence-electron chi connectivity index (χ0n) is 21.7. The predicted molar refractivity (Wildman–Crippen MR) is 139 cm³/mol. The maximum Gasteiger partial charge on any atom is 0.410 e. The molecular formula is C28H38ClNO5. The summed E-state index contributed by atoms with van der Waals surface area (Å²) in [5, 5.41) is 0.677. The largest absolute Gasteiger partial charge is 0.489 e. The van der Waals surface area contributed by atoms with Gasteiger partial charge in [0.1, 0.15) is 18.0 Å². The van der Waals surface area contributed by atoms with Gasteiger partial charge in [-0.2, -0.15) is 0 Å². The second-order valence-corrected chi connectivity index (χ2v) is 9.74. The Balaban J connectivity index is 0.00000210. The molecular weight excluding hydrogens is 466 g/mol. The van der Waals surface area contributed by atoms with Crippen molar-refractivity contribution in [3.05, 3.63) is 64.2 Å². The van der Waals surface area contributed by atoms with E-state index in [1.165, 1.54) is 7.11 Å². The lowest BCUT2D eigenvalue weighted by Crippen LogP contribution is -2.42. The molecule has 1 fully saturated rings. The van der Waals surface area contributed by atoms with Gasteiger partial charge in [0.15, 0.2) is 0 Å². The van der Waals surface area contributed by atoms with E-state index in [1.807, 2.05) is 77.1 Å². The van der Waals surface area contributed by atoms with Crippen molar-refractivity contribution in [3.8, 4) is 5.75 Å². The molecule has 0 radical (unpaired) electrons. The van der Waals surface area contributed by atoms with Crippen LogP contribution in [0.3, 0.4) is 0 Å². The maximum atomic E-state index is 12.7. The summed E-state index contributed by atoms with van der Waals surface area (Å²) in [6, 6.07) is 13.3. The van der Waals surface area contributed by atoms with E-state index in [2.05, 4.69) is 0 Å². The summed E-state index contributed by atoms with van der Waals surface area (Å²) in [6.45, 7) is 11.2. The fourth-order valence-corrected chi connectivity index (χ4v) is 3.99. The molecule has 2 aromatic rings. The van der Waals surface area contributed by atoms with Gasteiger partial charge < -0.3 is 19.1 Å². The maximum absolute atomic E-state index is 12.7. The van der Waals surface area contributed by atoms with Crippen LogP contribution in [0.5, 0.6) is 5.75 Å². The van der Waals surface area contributed by atoms with Crippen molar-refractivity contribution in [1.82, 2.24) is 4.90 Å². The van der Waals surface area contributed by atoms with Crippen LogP contribution >= 0.6 is 11.6 Å². The van der Waals surface area contributed by atoms with E-state index in [4.69, 9.17) is 25.8 Å². The SMILES string of the molecule is CC.COC(=O)Cc1ccc(OCc2ccc(Cl)cc2)c(C2CCCN(C(=O)OC(C)(C)C)C2)c1. The van der Waals surface area contributed by atoms with Crippen molar-refractivity contribution in [2.45, 2.75) is 72.0 Å². The Labute approximate surface area is 214 Å². The van der Waals surface area contributed by atoms with Gasteiger partial charge in [-0.3, -0.25) is 4.79 Å². The zero-order chi connectivity index (χ0) is 26.0. The molecule has 1 saturated heterocycles. The predicted octanol–water partition coefficient (Wildman–Crippen LogP) is 6.78. The molecule has 0 aromatic heterocycles. The van der Waals surface area contributed by atoms with Gasteiger partial charge in [-0.1, -0.05) is 49.7 Å². The average molecular weight is 504 g/mol. The minimum atomic E-state index is -0.544. The van der Waals surface area contributed by atoms with E-state index >= 15 is 0 Å². The van der Waals surface area contributed by atoms with Crippen LogP contribution in [0.4, 0.5) is 4.79 Å². The second kappa shape index (κ2) is 13.4. The van der Waals surface area contributed by atoms with Crippen molar-refractivity contribution >= 4 is 23.7 Å². The monoisotopic (exact) mass is 503 g/mol. The number of benzene rings is 2. The summed E-state index contributed by atoms with van der Waals surface area (Å²) in [5.74, 6) is 0.522. The number of hydrogen-bond donors (Lipinski definition) is 0. The van der Waals surface area contributed by atoms with Gasteiger partial charge in [-0.05, 0) is 68.5 Å². The lowest BCUT2D eigenvalue weighted by atomic mass is 9.88. The normalized spacial score (nSPS) is 15.5. The third-order valence-electron chi connectivity index (χ3n) is 5.47. The number of piperidine rings is 1. The Morgan fingerprint density at radius 3 is 2.34 bits per heavy atom. The molecule has 0 spiro atoms. The highest BCUT2D eigenvalue weighted by molar-refractivity contribution is 6.30. The molecule has 35 heavy (non-hydrogen) atoms. The summed E-state index contributed by atoms with van der Waals surface area (Å²) in [4.78, 5) is 26.3. The van der Waals surface area contributed by atoms with E-state index in [-0.39, 0.29) is 24.4 Å². The van der Waals surface area contributed by atoms with Crippen LogP contribution < -0.4 is 4.74 Å². The van der Waals surface area contributed by atoms with Crippen molar-refractivity contribution in [2.75, 3.05) is 20.2 Å². The van der Waals surface area contributed by atoms with Crippen LogP contribution in [0.25, 0.3) is 0 Å². The molecule has 192 valence electrons. The molecule has 0 N–H and O–H groups in total. The van der Waals surface area contributed by atoms with E-state index in [1.54, 1.807) is 4.90 Å². The summed E-state index contributed by atoms with van der Waals surface area (Å²) in [7, 11) is 1.38. The number of carbonyl (C=O) groups is 2. The molecule has 0 saturated carbocycles. The first-order chi connectivity index (χ1) is 16.6. The first-order valence-corrected chi connectivity index (χ1v) is 12.6. The Bertz CT molecular complexity index is 968. The standard InChI is InChI=1S/C26H32ClNO5.C2H6/c1-26(2,3)33-25(30)28-13-5-6-20(16-28)22-14-19(15-24(29)31-4)9-12-23(22)32-17-18-7-10-21(27)11-8-18;1-2/h7-12,14,20H,5-6,13,15-17H2,1-4H3;1-2H3. The number of amides is 1. The molecule has 6 nitrogen and oxygen atoms in total. The summed E-state index contributed by atoms with van der Waals surface area (Å²) >= 11 is 5.98. The summed E-state index contributed by atoms with van der Waals surface area (Å²) in [5.41, 5.74) is 2.30. The number of nitrogens with zero attached hydrogens (tertiary/aromatic N) is 1. The summed E-state index contributed by atoms with van der Waals surface area (Å²) in [6.07, 6.45) is 1.66. The Morgan fingerprint density at radius 1 is 1.06 bits per heavy atom. The van der Waals surface area contributed by atoms with E-state index in [0.717, 1.165) is 35.3 Å². The molecule has 2 aromatic carbocycles. The second-order valence-electron chi connectivity index (χ2n) is 9.31. The van der Waals surface area contributed by atoms with Crippen LogP contribution in [0, 0.1) is 0 Å². The number of esters is 1. The molecule has 0 aliphatic carbocycles. The molecule has 3 rings (SSSR count). The van der Waals surface area contributed by atoms with Crippen LogP contribution in [0.1, 0.15) is 70.1 Å². The van der Waals surface area contributed by atoms with Crippen LogP contribution in [0.15, 0.2) is 42.5 Å². The molecule has 1 aliphatic rings. The fraction of sp³-hybridized carbons (Fsp3) is 0.500. The van der Waals surface area contributed by atoms with Gasteiger partial charge in [0.2, 0.25) is 0 Å². The minimum Gasteiger partial charge on any atom is -0.489 e. The highest BCUT2D eigenvalue weighted by atomic mass is 35.5. The Kier molecular flexibility index (Phi) is 10.9. The van der Waals surface area contributed by atoms with Crippen LogP contribution in [-0.2, 0) is 27.3 Å². The molecule has 1 heterocycles. The average Bonchev–Trinajstić information content (AvgIpc) is 2.84. The molecule has 0 bridgehead atoms. The molecule has 1 atom stereocenters. The number of halogens is 1. The van der Waals surface area contributed by atoms with Crippen molar-refractivity contribution < 1.29 is 23.8 Å². The number of methoxy groups -OCH3 is 1. The molecule has 1 aliphatic heterocycles. The number of carbonyl (C=O) groups excluding carboxylic acids is 2. The van der Waals surface area contributed by atoms with Crippen molar-refractivity contribution in [2.24, 2.45) is 0 Å². The smallest absolute Gasteiger partial charge is 0.410 e. The van der Waals surface area contributed by atoms with Crippen LogP contribution in [-0.4, -0.2) is 42.8 Å². The van der Waals surface area contributed by atoms with Gasteiger partial charge in [0.05, 0.1) is 13.5 Å². The first kappa shape index (κ1) is 28.5. The molecule has 1 unspecified atom stereocenters. The number of hydrogen-bond acceptors (Lipinski definition) is 5. The lowest BCUT2D eigenvalue weighted by Gasteiger charge is -2.35. The third-order valence-corrected chi connectivity index (χ3v) is 5.72. The Morgan fingerprint density at radius 2 is 1.71 bits per heavy atom. The van der Waals surface area contributed by atoms with Gasteiger partial charge in [-0.15, -0.1) is 0 Å². The number of rotatable bonds is 6. The van der Waals surface area contributed by atoms with E-state index in [0.29, 0.717) is 24.7 Å². The van der Waals surface area contributed by atoms with Crippen molar-refractivity contribution in [1.29, 1.82) is 0 Å². The van der Waals surface area contributed by atoms with Gasteiger partial charge in [0, 0.05) is 24.0 Å². The quantitative estimate of drug-likeness (QED) is 0.407. The van der Waals surface area contributed by atoms with E-state index in [9.17, 15) is 9.59 Å². The summed E-state index contributed by atoms with van der Waals surface area (Å²) < 4.78 is 16.6. The molecule has 7 heteroatoms. The highest BCUT2D eigenvalue weighted by Gasteiger charge is 2.30. The van der Waals surface area contributed by atoms with Gasteiger partial charge in [0.25, 0.3) is 0 Å². The molecule has 1 amide bonds. The topological polar surface area (TPSA) is 65.1 Å². The van der Waals surface area contributed by atoms with E-state index < -0.39 is 5.60 Å². The van der Waals surface area contributed by atoms with Gasteiger partial charge in [-0.25, -0.2) is 4.79 Å². The van der Waals surface area contributed by atoms with Crippen LogP contribution in [0.2, 0.25) is 5.02 Å². The highest BCUT2D eigenvalue weighted by Crippen LogP contribution is 2.35. The Hall–Kier alpha value is -2.73. The van der Waals surface area contributed by atoms with Gasteiger partial charge >= 0.3 is 12.1 Å². The lowest BCUT2D eigenvalue weighted by molar-refractivity contribution is -0.139. The zero-order valence-corrected chi connectivity index (χ0v) is 22.5. The number of likely N-dealkylation sites (tertiary alicyclic amines) is 1. The number of ether oxygens (including phenoxy) is 3. The third kappa shape index (κ3) is 9.10. The van der Waals surface area contributed by atoms with Crippen molar-refractivity contribution in [3.63, 3.8) is 0 Å². The minimum absolute atomic E-state index is 0.0732. The fourth-order valence-electron chi connectivity index (χ4n) is 3.86. The first-order valence-electron chi connectivity index (χ1n) is 12.2.